The fourth-order valence-corrected chi connectivity index (χ4v) is 1.78. The second-order valence-corrected chi connectivity index (χ2v) is 6.05. The first kappa shape index (κ1) is 17.9. The minimum absolute atomic E-state index is 0.0628. The lowest BCUT2D eigenvalue weighted by Crippen LogP contribution is -2.35. The quantitative estimate of drug-likeness (QED) is 0.667. The fourth-order valence-electron chi connectivity index (χ4n) is 1.78. The molecule has 0 radical (unpaired) electrons. The van der Waals surface area contributed by atoms with Crippen LogP contribution in [-0.4, -0.2) is 51.0 Å². The Hall–Kier alpha value is -1.11. The van der Waals surface area contributed by atoms with Gasteiger partial charge in [-0.2, -0.15) is 4.98 Å². The molecule has 0 aliphatic carbocycles. The zero-order valence-electron chi connectivity index (χ0n) is 13.9. The molecule has 122 valence electrons. The van der Waals surface area contributed by atoms with E-state index in [1.54, 1.807) is 20.5 Å². The summed E-state index contributed by atoms with van der Waals surface area (Å²) in [5.74, 6) is 0. The first-order chi connectivity index (χ1) is 9.96. The summed E-state index contributed by atoms with van der Waals surface area (Å²) in [5.41, 5.74) is 0.974. The van der Waals surface area contributed by atoms with Crippen LogP contribution in [0.3, 0.4) is 0 Å². The molecule has 1 heterocycles. The van der Waals surface area contributed by atoms with Crippen LogP contribution in [0.25, 0.3) is 0 Å². The molecule has 0 atom stereocenters. The van der Waals surface area contributed by atoms with Gasteiger partial charge in [-0.3, -0.25) is 0 Å². The number of aromatic nitrogens is 1. The van der Waals surface area contributed by atoms with Gasteiger partial charge in [0.25, 0.3) is 6.01 Å². The summed E-state index contributed by atoms with van der Waals surface area (Å²) in [6, 6.07) is 0.647. The Labute approximate surface area is 127 Å². The summed E-state index contributed by atoms with van der Waals surface area (Å²) in [5, 5.41) is 3.40. The normalized spacial score (nSPS) is 11.9. The molecule has 0 unspecified atom stereocenters. The van der Waals surface area contributed by atoms with E-state index in [1.165, 1.54) is 0 Å². The van der Waals surface area contributed by atoms with Gasteiger partial charge >= 0.3 is 0 Å². The minimum atomic E-state index is 0.0628. The van der Waals surface area contributed by atoms with Gasteiger partial charge in [0.1, 0.15) is 6.26 Å². The first-order valence-electron chi connectivity index (χ1n) is 7.38. The lowest BCUT2D eigenvalue weighted by molar-refractivity contribution is 0.190. The summed E-state index contributed by atoms with van der Waals surface area (Å²) < 4.78 is 15.8. The van der Waals surface area contributed by atoms with Crippen molar-refractivity contribution in [1.29, 1.82) is 0 Å². The Morgan fingerprint density at radius 2 is 1.90 bits per heavy atom. The number of hydrogen-bond acceptors (Lipinski definition) is 6. The van der Waals surface area contributed by atoms with E-state index >= 15 is 0 Å². The molecule has 0 amide bonds. The largest absolute Gasteiger partial charge is 0.432 e. The van der Waals surface area contributed by atoms with Gasteiger partial charge in [0.2, 0.25) is 0 Å². The molecule has 21 heavy (non-hydrogen) atoms. The third-order valence-electron chi connectivity index (χ3n) is 2.95. The van der Waals surface area contributed by atoms with Crippen LogP contribution in [0, 0.1) is 0 Å². The standard InChI is InChI=1S/C15H29N3O3/c1-15(2,3)16-11-13-12-21-14(17-13)18(8-10-20-5)7-6-9-19-4/h12,16H,6-11H2,1-5H3. The Balaban J connectivity index is 2.58. The first-order valence-corrected chi connectivity index (χ1v) is 7.38. The van der Waals surface area contributed by atoms with Gasteiger partial charge in [0, 0.05) is 46.0 Å². The molecule has 6 heteroatoms. The highest BCUT2D eigenvalue weighted by atomic mass is 16.5. The maximum atomic E-state index is 5.60. The maximum Gasteiger partial charge on any atom is 0.297 e. The second kappa shape index (κ2) is 9.02. The fraction of sp³-hybridized carbons (Fsp3) is 0.800. The van der Waals surface area contributed by atoms with Crippen LogP contribution in [0.2, 0.25) is 0 Å². The predicted octanol–water partition coefficient (Wildman–Crippen LogP) is 2.05. The average molecular weight is 299 g/mol. The molecule has 1 aromatic rings. The van der Waals surface area contributed by atoms with E-state index in [1.807, 2.05) is 0 Å². The Kier molecular flexibility index (Phi) is 7.71. The van der Waals surface area contributed by atoms with Gasteiger partial charge in [0.05, 0.1) is 12.3 Å². The second-order valence-electron chi connectivity index (χ2n) is 6.05. The van der Waals surface area contributed by atoms with Gasteiger partial charge < -0.3 is 24.1 Å². The van der Waals surface area contributed by atoms with Crippen LogP contribution in [-0.2, 0) is 16.0 Å². The third kappa shape index (κ3) is 7.45. The smallest absolute Gasteiger partial charge is 0.297 e. The van der Waals surface area contributed by atoms with Crippen molar-refractivity contribution in [3.05, 3.63) is 12.0 Å². The number of oxazole rings is 1. The topological polar surface area (TPSA) is 59.8 Å². The van der Waals surface area contributed by atoms with Crippen molar-refractivity contribution in [2.45, 2.75) is 39.3 Å². The average Bonchev–Trinajstić information content (AvgIpc) is 2.88. The van der Waals surface area contributed by atoms with Crippen molar-refractivity contribution < 1.29 is 13.9 Å². The number of ether oxygens (including phenoxy) is 2. The van der Waals surface area contributed by atoms with Crippen LogP contribution < -0.4 is 10.2 Å². The van der Waals surface area contributed by atoms with E-state index in [0.717, 1.165) is 31.8 Å². The molecule has 0 spiro atoms. The number of hydrogen-bond donors (Lipinski definition) is 1. The van der Waals surface area contributed by atoms with E-state index in [9.17, 15) is 0 Å². The van der Waals surface area contributed by atoms with Gasteiger partial charge in [0.15, 0.2) is 0 Å². The number of nitrogens with one attached hydrogen (secondary N) is 1. The van der Waals surface area contributed by atoms with Crippen LogP contribution in [0.1, 0.15) is 32.9 Å². The summed E-state index contributed by atoms with van der Waals surface area (Å²) in [6.07, 6.45) is 2.64. The van der Waals surface area contributed by atoms with Gasteiger partial charge in [-0.25, -0.2) is 0 Å². The van der Waals surface area contributed by atoms with E-state index < -0.39 is 0 Å². The monoisotopic (exact) mass is 299 g/mol. The Morgan fingerprint density at radius 1 is 1.19 bits per heavy atom. The third-order valence-corrected chi connectivity index (χ3v) is 2.95. The number of nitrogens with zero attached hydrogens (tertiary/aromatic N) is 2. The molecule has 0 aliphatic heterocycles. The minimum Gasteiger partial charge on any atom is -0.432 e. The molecule has 1 aromatic heterocycles. The lowest BCUT2D eigenvalue weighted by Gasteiger charge is -2.20. The highest BCUT2D eigenvalue weighted by Gasteiger charge is 2.14. The van der Waals surface area contributed by atoms with Crippen molar-refractivity contribution in [1.82, 2.24) is 10.3 Å². The van der Waals surface area contributed by atoms with Crippen molar-refractivity contribution >= 4 is 6.01 Å². The van der Waals surface area contributed by atoms with E-state index in [4.69, 9.17) is 13.9 Å². The summed E-state index contributed by atoms with van der Waals surface area (Å²) >= 11 is 0. The van der Waals surface area contributed by atoms with E-state index in [-0.39, 0.29) is 5.54 Å². The molecule has 6 nitrogen and oxygen atoms in total. The van der Waals surface area contributed by atoms with Crippen molar-refractivity contribution in [3.63, 3.8) is 0 Å². The number of rotatable bonds is 10. The zero-order chi connectivity index (χ0) is 15.7. The molecule has 0 saturated heterocycles. The SMILES string of the molecule is COCCCN(CCOC)c1nc(CNC(C)(C)C)co1. The molecule has 0 aromatic carbocycles. The van der Waals surface area contributed by atoms with Crippen LogP contribution in [0.4, 0.5) is 6.01 Å². The van der Waals surface area contributed by atoms with Crippen LogP contribution in [0.5, 0.6) is 0 Å². The van der Waals surface area contributed by atoms with Crippen molar-refractivity contribution in [3.8, 4) is 0 Å². The molecule has 1 N–H and O–H groups in total. The van der Waals surface area contributed by atoms with Crippen molar-refractivity contribution in [2.75, 3.05) is 45.4 Å². The van der Waals surface area contributed by atoms with Crippen LogP contribution >= 0.6 is 0 Å². The van der Waals surface area contributed by atoms with Crippen LogP contribution in [0.15, 0.2) is 10.7 Å². The maximum absolute atomic E-state index is 5.60. The Bertz CT molecular complexity index is 388. The summed E-state index contributed by atoms with van der Waals surface area (Å²) in [7, 11) is 3.41. The van der Waals surface area contributed by atoms with Gasteiger partial charge in [-0.15, -0.1) is 0 Å². The highest BCUT2D eigenvalue weighted by molar-refractivity contribution is 5.26. The Morgan fingerprint density at radius 3 is 2.52 bits per heavy atom. The highest BCUT2D eigenvalue weighted by Crippen LogP contribution is 2.14. The molecule has 0 fully saturated rings. The molecule has 0 saturated carbocycles. The molecule has 0 bridgehead atoms. The molecule has 1 rings (SSSR count). The predicted molar refractivity (Wildman–Crippen MR) is 83.7 cm³/mol. The number of methoxy groups -OCH3 is 2. The zero-order valence-corrected chi connectivity index (χ0v) is 13.9. The van der Waals surface area contributed by atoms with Gasteiger partial charge in [-0.1, -0.05) is 0 Å². The molecular weight excluding hydrogens is 270 g/mol. The van der Waals surface area contributed by atoms with E-state index in [2.05, 4.69) is 36.0 Å². The lowest BCUT2D eigenvalue weighted by atomic mass is 10.1. The molecular formula is C15H29N3O3. The van der Waals surface area contributed by atoms with Crippen molar-refractivity contribution in [2.24, 2.45) is 0 Å². The van der Waals surface area contributed by atoms with E-state index in [0.29, 0.717) is 19.2 Å². The molecule has 0 aliphatic rings. The summed E-state index contributed by atoms with van der Waals surface area (Å²) in [4.78, 5) is 6.63. The summed E-state index contributed by atoms with van der Waals surface area (Å²) in [6.45, 7) is 10.0. The van der Waals surface area contributed by atoms with Gasteiger partial charge in [-0.05, 0) is 27.2 Å². The number of anilines is 1.